The van der Waals surface area contributed by atoms with E-state index in [0.717, 1.165) is 31.7 Å². The normalized spacial score (nSPS) is 16.7. The number of methoxy groups -OCH3 is 1. The maximum Gasteiger partial charge on any atom is 0.243 e. The predicted octanol–water partition coefficient (Wildman–Crippen LogP) is 1.77. The molecule has 0 radical (unpaired) electrons. The van der Waals surface area contributed by atoms with Gasteiger partial charge in [-0.1, -0.05) is 6.07 Å². The van der Waals surface area contributed by atoms with Crippen molar-refractivity contribution in [2.24, 2.45) is 0 Å². The van der Waals surface area contributed by atoms with Crippen molar-refractivity contribution in [3.05, 3.63) is 48.0 Å². The van der Waals surface area contributed by atoms with E-state index in [1.54, 1.807) is 24.5 Å². The molecule has 0 saturated carbocycles. The van der Waals surface area contributed by atoms with Crippen molar-refractivity contribution in [2.45, 2.75) is 19.5 Å². The summed E-state index contributed by atoms with van der Waals surface area (Å²) in [7, 11) is 1.46. The molecule has 1 aliphatic rings. The van der Waals surface area contributed by atoms with Crippen LogP contribution in [0.3, 0.4) is 0 Å². The first kappa shape index (κ1) is 19.2. The Labute approximate surface area is 158 Å². The summed E-state index contributed by atoms with van der Waals surface area (Å²) in [5.41, 5.74) is 0.911. The number of amides is 1. The smallest absolute Gasteiger partial charge is 0.243 e. The lowest BCUT2D eigenvalue weighted by Crippen LogP contribution is -2.52. The number of halogens is 1. The Morgan fingerprint density at radius 1 is 1.26 bits per heavy atom. The fourth-order valence-corrected chi connectivity index (χ4v) is 3.12. The third kappa shape index (κ3) is 4.99. The molecule has 1 N–H and O–H groups in total. The largest absolute Gasteiger partial charge is 0.494 e. The van der Waals surface area contributed by atoms with Gasteiger partial charge in [-0.05, 0) is 30.7 Å². The summed E-state index contributed by atoms with van der Waals surface area (Å²) in [5.74, 6) is 0.106. The second-order valence-electron chi connectivity index (χ2n) is 6.52. The van der Waals surface area contributed by atoms with Gasteiger partial charge in [-0.25, -0.2) is 14.4 Å². The zero-order chi connectivity index (χ0) is 19.2. The molecule has 0 aliphatic carbocycles. The molecule has 2 heterocycles. The maximum absolute atomic E-state index is 13.8. The van der Waals surface area contributed by atoms with E-state index < -0.39 is 0 Å². The molecule has 0 bridgehead atoms. The van der Waals surface area contributed by atoms with Crippen LogP contribution >= 0.6 is 0 Å². The third-order valence-electron chi connectivity index (χ3n) is 4.76. The van der Waals surface area contributed by atoms with Gasteiger partial charge in [0.15, 0.2) is 11.6 Å². The van der Waals surface area contributed by atoms with Crippen molar-refractivity contribution in [3.8, 4) is 5.75 Å². The monoisotopic (exact) mass is 373 g/mol. The minimum absolute atomic E-state index is 0.119. The van der Waals surface area contributed by atoms with E-state index in [9.17, 15) is 9.18 Å². The first-order valence-corrected chi connectivity index (χ1v) is 8.93. The summed E-state index contributed by atoms with van der Waals surface area (Å²) in [5, 5.41) is 2.74. The highest BCUT2D eigenvalue weighted by atomic mass is 19.1. The first-order chi connectivity index (χ1) is 13.1. The van der Waals surface area contributed by atoms with E-state index >= 15 is 0 Å². The van der Waals surface area contributed by atoms with Crippen LogP contribution in [-0.2, 0) is 11.3 Å². The SMILES string of the molecule is COc1ccc(CN2CCN([C@H](C)C(=O)Nc3ncccn3)CC2)cc1F. The van der Waals surface area contributed by atoms with Crippen LogP contribution < -0.4 is 10.1 Å². The Kier molecular flexibility index (Phi) is 6.31. The van der Waals surface area contributed by atoms with Crippen LogP contribution in [0.1, 0.15) is 12.5 Å². The summed E-state index contributed by atoms with van der Waals surface area (Å²) in [6.07, 6.45) is 3.18. The molecule has 27 heavy (non-hydrogen) atoms. The molecule has 1 aromatic heterocycles. The van der Waals surface area contributed by atoms with Gasteiger partial charge in [0.25, 0.3) is 0 Å². The zero-order valence-corrected chi connectivity index (χ0v) is 15.6. The second-order valence-corrected chi connectivity index (χ2v) is 6.52. The van der Waals surface area contributed by atoms with E-state index in [1.165, 1.54) is 13.2 Å². The summed E-state index contributed by atoms with van der Waals surface area (Å²) in [6.45, 7) is 5.71. The lowest BCUT2D eigenvalue weighted by Gasteiger charge is -2.37. The van der Waals surface area contributed by atoms with Gasteiger partial charge in [-0.2, -0.15) is 0 Å². The molecule has 7 nitrogen and oxygen atoms in total. The third-order valence-corrected chi connectivity index (χ3v) is 4.76. The standard InChI is InChI=1S/C19H24FN5O2/c1-14(18(26)23-19-21-6-3-7-22-19)25-10-8-24(9-11-25)13-15-4-5-17(27-2)16(20)12-15/h3-7,12,14H,8-11,13H2,1-2H3,(H,21,22,23,26)/t14-/m1/s1. The second kappa shape index (κ2) is 8.88. The van der Waals surface area contributed by atoms with Gasteiger partial charge >= 0.3 is 0 Å². The van der Waals surface area contributed by atoms with Crippen LogP contribution in [0.2, 0.25) is 0 Å². The average molecular weight is 373 g/mol. The van der Waals surface area contributed by atoms with E-state index in [-0.39, 0.29) is 23.5 Å². The summed E-state index contributed by atoms with van der Waals surface area (Å²) in [6, 6.07) is 6.48. The van der Waals surface area contributed by atoms with Crippen molar-refractivity contribution in [3.63, 3.8) is 0 Å². The number of rotatable bonds is 6. The van der Waals surface area contributed by atoms with E-state index in [2.05, 4.69) is 25.1 Å². The molecule has 1 amide bonds. The topological polar surface area (TPSA) is 70.6 Å². The Bertz CT molecular complexity index is 766. The molecular formula is C19H24FN5O2. The van der Waals surface area contributed by atoms with Crippen molar-refractivity contribution in [1.29, 1.82) is 0 Å². The van der Waals surface area contributed by atoms with Crippen LogP contribution in [0.5, 0.6) is 5.75 Å². The minimum atomic E-state index is -0.345. The van der Waals surface area contributed by atoms with Gasteiger partial charge in [0.2, 0.25) is 11.9 Å². The number of piperazine rings is 1. The van der Waals surface area contributed by atoms with Crippen molar-refractivity contribution < 1.29 is 13.9 Å². The number of hydrogen-bond donors (Lipinski definition) is 1. The molecule has 1 atom stereocenters. The molecule has 1 aromatic carbocycles. The molecule has 2 aromatic rings. The number of carbonyl (C=O) groups excluding carboxylic acids is 1. The lowest BCUT2D eigenvalue weighted by molar-refractivity contribution is -0.121. The van der Waals surface area contributed by atoms with Crippen LogP contribution in [0.15, 0.2) is 36.7 Å². The Morgan fingerprint density at radius 2 is 1.96 bits per heavy atom. The average Bonchev–Trinajstić information content (AvgIpc) is 2.69. The number of hydrogen-bond acceptors (Lipinski definition) is 6. The highest BCUT2D eigenvalue weighted by molar-refractivity contribution is 5.93. The maximum atomic E-state index is 13.8. The van der Waals surface area contributed by atoms with Crippen molar-refractivity contribution >= 4 is 11.9 Å². The van der Waals surface area contributed by atoms with Crippen molar-refractivity contribution in [1.82, 2.24) is 19.8 Å². The Hall–Kier alpha value is -2.58. The molecule has 144 valence electrons. The van der Waals surface area contributed by atoms with Gasteiger partial charge in [0, 0.05) is 45.1 Å². The van der Waals surface area contributed by atoms with Gasteiger partial charge in [-0.3, -0.25) is 19.9 Å². The number of nitrogens with zero attached hydrogens (tertiary/aromatic N) is 4. The zero-order valence-electron chi connectivity index (χ0n) is 15.6. The molecule has 1 saturated heterocycles. The predicted molar refractivity (Wildman–Crippen MR) is 99.9 cm³/mol. The lowest BCUT2D eigenvalue weighted by atomic mass is 10.1. The van der Waals surface area contributed by atoms with Gasteiger partial charge < -0.3 is 4.74 Å². The molecule has 3 rings (SSSR count). The van der Waals surface area contributed by atoms with Crippen LogP contribution in [0.25, 0.3) is 0 Å². The molecule has 8 heteroatoms. The van der Waals surface area contributed by atoms with Gasteiger partial charge in [0.1, 0.15) is 0 Å². The summed E-state index contributed by atoms with van der Waals surface area (Å²) in [4.78, 5) is 24.8. The van der Waals surface area contributed by atoms with Gasteiger partial charge in [-0.15, -0.1) is 0 Å². The van der Waals surface area contributed by atoms with Crippen molar-refractivity contribution in [2.75, 3.05) is 38.6 Å². The molecule has 1 aliphatic heterocycles. The highest BCUT2D eigenvalue weighted by Crippen LogP contribution is 2.19. The van der Waals surface area contributed by atoms with Crippen LogP contribution in [0, 0.1) is 5.82 Å². The summed E-state index contributed by atoms with van der Waals surface area (Å²) < 4.78 is 18.8. The first-order valence-electron chi connectivity index (χ1n) is 8.93. The Morgan fingerprint density at radius 3 is 2.59 bits per heavy atom. The van der Waals surface area contributed by atoms with Crippen LogP contribution in [0.4, 0.5) is 10.3 Å². The molecule has 1 fully saturated rings. The number of ether oxygens (including phenoxy) is 1. The van der Waals surface area contributed by atoms with E-state index in [1.807, 2.05) is 13.0 Å². The van der Waals surface area contributed by atoms with E-state index in [0.29, 0.717) is 12.5 Å². The quantitative estimate of drug-likeness (QED) is 0.832. The number of carbonyl (C=O) groups is 1. The molecule has 0 spiro atoms. The van der Waals surface area contributed by atoms with E-state index in [4.69, 9.17) is 4.74 Å². The number of anilines is 1. The Balaban J connectivity index is 1.49. The number of aromatic nitrogens is 2. The highest BCUT2D eigenvalue weighted by Gasteiger charge is 2.26. The number of nitrogens with one attached hydrogen (secondary N) is 1. The molecular weight excluding hydrogens is 349 g/mol. The van der Waals surface area contributed by atoms with Gasteiger partial charge in [0.05, 0.1) is 13.2 Å². The van der Waals surface area contributed by atoms with Crippen LogP contribution in [-0.4, -0.2) is 65.0 Å². The summed E-state index contributed by atoms with van der Waals surface area (Å²) >= 11 is 0. The molecule has 0 unspecified atom stereocenters. The fourth-order valence-electron chi connectivity index (χ4n) is 3.12. The minimum Gasteiger partial charge on any atom is -0.494 e. The number of benzene rings is 1. The fraction of sp³-hybridized carbons (Fsp3) is 0.421.